The van der Waals surface area contributed by atoms with Crippen molar-refractivity contribution < 1.29 is 22.6 Å². The number of benzene rings is 5. The van der Waals surface area contributed by atoms with Crippen LogP contribution in [0.15, 0.2) is 112 Å². The van der Waals surface area contributed by atoms with Crippen LogP contribution in [0, 0.1) is 0 Å². The molecule has 0 fully saturated rings. The number of fused-ring (bicyclic) bond motifs is 1. The standard InChI is InChI=1S/C38H34BrN7O5S2/c1-49-27-13-7-24(8-14-27)21-45(22-25-9-15-28(50-2)16-10-25)53(47,48)36-32(39)20-19-30(31-5-4-6-33-35(31)41-38(40)52-33)34(36)37-42-43-44-46(37)23-26-11-17-29(51-3)18-12-26/h4-20H,21-23H2,1-3H3,(H2,40,41). The molecule has 15 heteroatoms. The SMILES string of the molecule is COc1ccc(CN(Cc2ccc(OC)cc2)S(=O)(=O)c2c(Br)ccc(-c3cccc4sc(N)nc34)c2-c2nnnn2Cc2ccc(OC)cc2)cc1. The van der Waals surface area contributed by atoms with E-state index < -0.39 is 10.0 Å². The van der Waals surface area contributed by atoms with Crippen molar-refractivity contribution >= 4 is 52.6 Å². The van der Waals surface area contributed by atoms with Gasteiger partial charge in [-0.15, -0.1) is 5.10 Å². The molecule has 7 aromatic rings. The smallest absolute Gasteiger partial charge is 0.245 e. The molecule has 12 nitrogen and oxygen atoms in total. The molecule has 0 saturated carbocycles. The van der Waals surface area contributed by atoms with E-state index in [0.717, 1.165) is 21.4 Å². The molecule has 0 radical (unpaired) electrons. The van der Waals surface area contributed by atoms with Crippen LogP contribution in [0.4, 0.5) is 5.13 Å². The van der Waals surface area contributed by atoms with Crippen LogP contribution in [0.5, 0.6) is 17.2 Å². The fourth-order valence-electron chi connectivity index (χ4n) is 6.06. The van der Waals surface area contributed by atoms with E-state index in [4.69, 9.17) is 19.9 Å². The third-order valence-corrected chi connectivity index (χ3v) is 12.4. The van der Waals surface area contributed by atoms with Gasteiger partial charge in [-0.2, -0.15) is 4.31 Å². The summed E-state index contributed by atoms with van der Waals surface area (Å²) in [4.78, 5) is 4.64. The lowest BCUT2D eigenvalue weighted by Gasteiger charge is -2.26. The highest BCUT2D eigenvalue weighted by Crippen LogP contribution is 2.44. The summed E-state index contributed by atoms with van der Waals surface area (Å²) in [5.74, 6) is 2.29. The van der Waals surface area contributed by atoms with E-state index in [1.54, 1.807) is 32.1 Å². The number of thiazole rings is 1. The lowest BCUT2D eigenvalue weighted by atomic mass is 9.98. The summed E-state index contributed by atoms with van der Waals surface area (Å²) in [7, 11) is 0.443. The van der Waals surface area contributed by atoms with Crippen LogP contribution in [-0.2, 0) is 29.7 Å². The number of nitrogens with two attached hydrogens (primary N) is 1. The first-order valence-electron chi connectivity index (χ1n) is 16.3. The van der Waals surface area contributed by atoms with Crippen LogP contribution in [0.25, 0.3) is 32.7 Å². The number of ether oxygens (including phenoxy) is 3. The number of rotatable bonds is 13. The Labute approximate surface area is 319 Å². The van der Waals surface area contributed by atoms with Crippen molar-refractivity contribution in [2.45, 2.75) is 24.5 Å². The van der Waals surface area contributed by atoms with Crippen LogP contribution in [-0.4, -0.2) is 59.2 Å². The van der Waals surface area contributed by atoms with Gasteiger partial charge in [-0.25, -0.2) is 18.1 Å². The van der Waals surface area contributed by atoms with Gasteiger partial charge in [0.15, 0.2) is 11.0 Å². The number of hydrogen-bond acceptors (Lipinski definition) is 11. The van der Waals surface area contributed by atoms with Gasteiger partial charge in [0, 0.05) is 23.1 Å². The van der Waals surface area contributed by atoms with E-state index in [1.165, 1.54) is 15.6 Å². The Kier molecular flexibility index (Phi) is 10.4. The third kappa shape index (κ3) is 7.46. The van der Waals surface area contributed by atoms with Crippen molar-refractivity contribution in [3.63, 3.8) is 0 Å². The quantitative estimate of drug-likeness (QED) is 0.125. The maximum absolute atomic E-state index is 15.4. The summed E-state index contributed by atoms with van der Waals surface area (Å²) < 4.78 is 51.2. The molecule has 0 unspecified atom stereocenters. The Morgan fingerprint density at radius 2 is 1.32 bits per heavy atom. The maximum Gasteiger partial charge on any atom is 0.245 e. The van der Waals surface area contributed by atoms with Gasteiger partial charge in [0.25, 0.3) is 0 Å². The average molecular weight is 813 g/mol. The fraction of sp³-hybridized carbons (Fsp3) is 0.158. The average Bonchev–Trinajstić information content (AvgIpc) is 3.80. The Hall–Kier alpha value is -5.35. The summed E-state index contributed by atoms with van der Waals surface area (Å²) in [6.07, 6.45) is 0. The second-order valence-electron chi connectivity index (χ2n) is 12.0. The van der Waals surface area contributed by atoms with Gasteiger partial charge in [0.05, 0.1) is 43.7 Å². The van der Waals surface area contributed by atoms with E-state index in [2.05, 4.69) is 36.4 Å². The van der Waals surface area contributed by atoms with Gasteiger partial charge in [0.1, 0.15) is 22.1 Å². The first kappa shape index (κ1) is 36.0. The third-order valence-electron chi connectivity index (χ3n) is 8.72. The molecule has 0 bridgehead atoms. The Balaban J connectivity index is 1.44. The number of aromatic nitrogens is 5. The van der Waals surface area contributed by atoms with E-state index in [1.807, 2.05) is 97.1 Å². The molecule has 0 spiro atoms. The molecule has 2 heterocycles. The molecule has 0 aliphatic rings. The number of tetrazole rings is 1. The highest BCUT2D eigenvalue weighted by atomic mass is 79.9. The number of anilines is 1. The molecule has 2 aromatic heterocycles. The molecule has 0 atom stereocenters. The molecule has 0 aliphatic heterocycles. The summed E-state index contributed by atoms with van der Waals surface area (Å²) >= 11 is 5.00. The fourth-order valence-corrected chi connectivity index (χ4v) is 9.43. The number of sulfonamides is 1. The molecular formula is C38H34BrN7O5S2. The van der Waals surface area contributed by atoms with Crippen molar-refractivity contribution in [1.29, 1.82) is 0 Å². The molecule has 270 valence electrons. The molecule has 53 heavy (non-hydrogen) atoms. The van der Waals surface area contributed by atoms with Crippen LogP contribution in [0.2, 0.25) is 0 Å². The molecule has 0 aliphatic carbocycles. The monoisotopic (exact) mass is 811 g/mol. The van der Waals surface area contributed by atoms with Crippen LogP contribution in [0.3, 0.4) is 0 Å². The Morgan fingerprint density at radius 3 is 1.89 bits per heavy atom. The molecule has 7 rings (SSSR count). The lowest BCUT2D eigenvalue weighted by molar-refractivity contribution is 0.397. The van der Waals surface area contributed by atoms with Crippen molar-refractivity contribution in [2.24, 2.45) is 0 Å². The van der Waals surface area contributed by atoms with Crippen molar-refractivity contribution in [3.8, 4) is 39.8 Å². The summed E-state index contributed by atoms with van der Waals surface area (Å²) in [5, 5.41) is 13.3. The summed E-state index contributed by atoms with van der Waals surface area (Å²) in [6.45, 7) is 0.375. The molecule has 5 aromatic carbocycles. The lowest BCUT2D eigenvalue weighted by Crippen LogP contribution is -2.31. The predicted octanol–water partition coefficient (Wildman–Crippen LogP) is 7.43. The van der Waals surface area contributed by atoms with Crippen LogP contribution >= 0.6 is 27.3 Å². The van der Waals surface area contributed by atoms with Crippen molar-refractivity contribution in [1.82, 2.24) is 29.5 Å². The number of nitrogens with zero attached hydrogens (tertiary/aromatic N) is 6. The van der Waals surface area contributed by atoms with Gasteiger partial charge in [0.2, 0.25) is 10.0 Å². The van der Waals surface area contributed by atoms with Gasteiger partial charge >= 0.3 is 0 Å². The zero-order chi connectivity index (χ0) is 37.1. The zero-order valence-electron chi connectivity index (χ0n) is 28.9. The summed E-state index contributed by atoms with van der Waals surface area (Å²) in [6, 6.07) is 31.5. The van der Waals surface area contributed by atoms with Gasteiger partial charge in [-0.3, -0.25) is 0 Å². The van der Waals surface area contributed by atoms with Crippen LogP contribution < -0.4 is 19.9 Å². The molecule has 0 saturated heterocycles. The number of hydrogen-bond donors (Lipinski definition) is 1. The first-order chi connectivity index (χ1) is 25.7. The van der Waals surface area contributed by atoms with Gasteiger partial charge in [-0.1, -0.05) is 65.9 Å². The second kappa shape index (κ2) is 15.3. The van der Waals surface area contributed by atoms with Crippen molar-refractivity contribution in [2.75, 3.05) is 27.1 Å². The first-order valence-corrected chi connectivity index (χ1v) is 19.4. The minimum Gasteiger partial charge on any atom is -0.497 e. The van der Waals surface area contributed by atoms with E-state index in [0.29, 0.717) is 49.1 Å². The molecule has 2 N–H and O–H groups in total. The second-order valence-corrected chi connectivity index (χ2v) is 15.8. The predicted molar refractivity (Wildman–Crippen MR) is 208 cm³/mol. The Morgan fingerprint density at radius 1 is 0.755 bits per heavy atom. The normalized spacial score (nSPS) is 11.6. The molecule has 0 amide bonds. The minimum absolute atomic E-state index is 0.00279. The highest BCUT2D eigenvalue weighted by molar-refractivity contribution is 9.10. The zero-order valence-corrected chi connectivity index (χ0v) is 32.2. The highest BCUT2D eigenvalue weighted by Gasteiger charge is 2.34. The number of methoxy groups -OCH3 is 3. The number of nitrogen functional groups attached to an aromatic ring is 1. The minimum atomic E-state index is -4.34. The number of para-hydroxylation sites is 1. The van der Waals surface area contributed by atoms with Gasteiger partial charge < -0.3 is 19.9 Å². The summed E-state index contributed by atoms with van der Waals surface area (Å²) in [5.41, 5.74) is 10.8. The van der Waals surface area contributed by atoms with Crippen LogP contribution in [0.1, 0.15) is 16.7 Å². The molecular weight excluding hydrogens is 778 g/mol. The van der Waals surface area contributed by atoms with E-state index in [-0.39, 0.29) is 30.4 Å². The number of halogens is 1. The maximum atomic E-state index is 15.4. The Bertz CT molecular complexity index is 2440. The largest absolute Gasteiger partial charge is 0.497 e. The van der Waals surface area contributed by atoms with Gasteiger partial charge in [-0.05, 0) is 97.1 Å². The van der Waals surface area contributed by atoms with Crippen molar-refractivity contribution in [3.05, 3.63) is 124 Å². The van der Waals surface area contributed by atoms with E-state index >= 15 is 8.42 Å². The topological polar surface area (TPSA) is 148 Å². The van der Waals surface area contributed by atoms with E-state index in [9.17, 15) is 0 Å².